The molecule has 0 saturated heterocycles. The van der Waals surface area contributed by atoms with Gasteiger partial charge in [0.25, 0.3) is 0 Å². The third-order valence-corrected chi connectivity index (χ3v) is 4.15. The van der Waals surface area contributed by atoms with Gasteiger partial charge in [-0.25, -0.2) is 0 Å². The first-order chi connectivity index (χ1) is 10.5. The van der Waals surface area contributed by atoms with Crippen molar-refractivity contribution in [2.24, 2.45) is 0 Å². The van der Waals surface area contributed by atoms with E-state index in [-0.39, 0.29) is 11.9 Å². The maximum absolute atomic E-state index is 12.3. The molecule has 0 aromatic heterocycles. The van der Waals surface area contributed by atoms with Gasteiger partial charge in [0.2, 0.25) is 5.91 Å². The van der Waals surface area contributed by atoms with E-state index in [1.54, 1.807) is 7.11 Å². The minimum Gasteiger partial charge on any atom is -0.383 e. The summed E-state index contributed by atoms with van der Waals surface area (Å²) < 4.78 is 5.07. The Bertz CT molecular complexity index is 506. The van der Waals surface area contributed by atoms with Gasteiger partial charge in [0.05, 0.1) is 24.5 Å². The van der Waals surface area contributed by atoms with Crippen molar-refractivity contribution in [3.8, 4) is 0 Å². The van der Waals surface area contributed by atoms with Crippen molar-refractivity contribution in [1.82, 2.24) is 5.32 Å². The Balaban J connectivity index is 2.14. The van der Waals surface area contributed by atoms with Crippen LogP contribution in [0.15, 0.2) is 24.3 Å². The highest BCUT2D eigenvalue weighted by atomic mass is 16.5. The molecule has 1 aliphatic heterocycles. The predicted molar refractivity (Wildman–Crippen MR) is 90.6 cm³/mol. The highest BCUT2D eigenvalue weighted by Crippen LogP contribution is 2.33. The average Bonchev–Trinajstić information content (AvgIpc) is 2.60. The number of fused-ring (bicyclic) bond motifs is 1. The third kappa shape index (κ3) is 3.91. The lowest BCUT2D eigenvalue weighted by Crippen LogP contribution is -2.45. The number of carbonyl (C=O) groups is 1. The molecule has 1 aromatic carbocycles. The van der Waals surface area contributed by atoms with Gasteiger partial charge >= 0.3 is 0 Å². The molecule has 2 atom stereocenters. The van der Waals surface area contributed by atoms with E-state index in [4.69, 9.17) is 4.74 Å². The predicted octanol–water partition coefficient (Wildman–Crippen LogP) is 1.87. The molecule has 1 N–H and O–H groups in total. The van der Waals surface area contributed by atoms with E-state index in [9.17, 15) is 4.79 Å². The zero-order valence-electron chi connectivity index (χ0n) is 14.0. The van der Waals surface area contributed by atoms with Crippen LogP contribution in [-0.4, -0.2) is 51.8 Å². The van der Waals surface area contributed by atoms with Gasteiger partial charge in [0.1, 0.15) is 0 Å². The van der Waals surface area contributed by atoms with Gasteiger partial charge in [-0.05, 0) is 32.4 Å². The fourth-order valence-electron chi connectivity index (χ4n) is 2.93. The number of nitrogens with one attached hydrogen (secondary N) is 1. The van der Waals surface area contributed by atoms with Crippen LogP contribution in [0.25, 0.3) is 0 Å². The number of nitrogens with zero attached hydrogens (tertiary/aromatic N) is 2. The van der Waals surface area contributed by atoms with Crippen molar-refractivity contribution in [3.63, 3.8) is 0 Å². The van der Waals surface area contributed by atoms with E-state index >= 15 is 0 Å². The minimum atomic E-state index is 0.0256. The van der Waals surface area contributed by atoms with Crippen LogP contribution in [0.3, 0.4) is 0 Å². The summed E-state index contributed by atoms with van der Waals surface area (Å²) in [5.74, 6) is 0.0377. The average molecular weight is 305 g/mol. The largest absolute Gasteiger partial charge is 0.383 e. The third-order valence-electron chi connectivity index (χ3n) is 4.15. The molecule has 1 aromatic rings. The Kier molecular flexibility index (Phi) is 5.66. The lowest BCUT2D eigenvalue weighted by molar-refractivity contribution is -0.120. The summed E-state index contributed by atoms with van der Waals surface area (Å²) in [4.78, 5) is 16.8. The summed E-state index contributed by atoms with van der Waals surface area (Å²) >= 11 is 0. The lowest BCUT2D eigenvalue weighted by Gasteiger charge is -2.30. The van der Waals surface area contributed by atoms with Gasteiger partial charge < -0.3 is 19.9 Å². The molecule has 0 unspecified atom stereocenters. The van der Waals surface area contributed by atoms with Gasteiger partial charge in [-0.3, -0.25) is 4.79 Å². The number of carbonyl (C=O) groups excluding carboxylic acids is 1. The van der Waals surface area contributed by atoms with Crippen LogP contribution in [-0.2, 0) is 9.53 Å². The van der Waals surface area contributed by atoms with Gasteiger partial charge in [-0.15, -0.1) is 0 Å². The fraction of sp³-hybridized carbons (Fsp3) is 0.588. The van der Waals surface area contributed by atoms with Gasteiger partial charge in [-0.1, -0.05) is 12.1 Å². The zero-order chi connectivity index (χ0) is 16.1. The molecule has 0 fully saturated rings. The molecule has 5 heteroatoms. The number of hydrogen-bond acceptors (Lipinski definition) is 4. The SMILES string of the molecule is COC[C@H](C)NC(=O)CN1c2ccccc2N(C)CC[C@@H]1C. The molecule has 0 aliphatic carbocycles. The fourth-order valence-corrected chi connectivity index (χ4v) is 2.93. The molecule has 2 rings (SSSR count). The topological polar surface area (TPSA) is 44.8 Å². The molecule has 122 valence electrons. The molecule has 0 saturated carbocycles. The number of rotatable bonds is 5. The van der Waals surface area contributed by atoms with E-state index in [0.717, 1.165) is 18.7 Å². The first-order valence-corrected chi connectivity index (χ1v) is 7.88. The Labute approximate surface area is 133 Å². The molecule has 1 aliphatic rings. The monoisotopic (exact) mass is 305 g/mol. The number of methoxy groups -OCH3 is 1. The Hall–Kier alpha value is -1.75. The lowest BCUT2D eigenvalue weighted by atomic mass is 10.2. The molecule has 5 nitrogen and oxygen atoms in total. The van der Waals surface area contributed by atoms with Crippen LogP contribution < -0.4 is 15.1 Å². The number of amides is 1. The summed E-state index contributed by atoms with van der Waals surface area (Å²) in [6.45, 7) is 6.04. The number of hydrogen-bond donors (Lipinski definition) is 1. The van der Waals surface area contributed by atoms with E-state index in [1.165, 1.54) is 5.69 Å². The van der Waals surface area contributed by atoms with Crippen LogP contribution in [0.2, 0.25) is 0 Å². The van der Waals surface area contributed by atoms with E-state index in [1.807, 2.05) is 19.1 Å². The second kappa shape index (κ2) is 7.49. The molecule has 0 spiro atoms. The summed E-state index contributed by atoms with van der Waals surface area (Å²) in [7, 11) is 3.75. The van der Waals surface area contributed by atoms with Crippen molar-refractivity contribution in [1.29, 1.82) is 0 Å². The van der Waals surface area contributed by atoms with Crippen molar-refractivity contribution < 1.29 is 9.53 Å². The quantitative estimate of drug-likeness (QED) is 0.902. The summed E-state index contributed by atoms with van der Waals surface area (Å²) in [6.07, 6.45) is 1.03. The maximum Gasteiger partial charge on any atom is 0.239 e. The molecule has 0 radical (unpaired) electrons. The Morgan fingerprint density at radius 2 is 2.09 bits per heavy atom. The van der Waals surface area contributed by atoms with Crippen molar-refractivity contribution in [2.75, 3.05) is 43.7 Å². The van der Waals surface area contributed by atoms with Crippen molar-refractivity contribution in [2.45, 2.75) is 32.4 Å². The van der Waals surface area contributed by atoms with E-state index in [2.05, 4.69) is 41.2 Å². The van der Waals surface area contributed by atoms with E-state index < -0.39 is 0 Å². The number of ether oxygens (including phenoxy) is 1. The first-order valence-electron chi connectivity index (χ1n) is 7.88. The molecular formula is C17H27N3O2. The summed E-state index contributed by atoms with van der Waals surface area (Å²) in [6, 6.07) is 8.64. The van der Waals surface area contributed by atoms with Crippen molar-refractivity contribution >= 4 is 17.3 Å². The van der Waals surface area contributed by atoms with E-state index in [0.29, 0.717) is 19.2 Å². The second-order valence-electron chi connectivity index (χ2n) is 6.10. The van der Waals surface area contributed by atoms with Crippen molar-refractivity contribution in [3.05, 3.63) is 24.3 Å². The molecule has 22 heavy (non-hydrogen) atoms. The number of anilines is 2. The number of para-hydroxylation sites is 2. The molecule has 1 amide bonds. The first kappa shape index (κ1) is 16.6. The van der Waals surface area contributed by atoms with Crippen LogP contribution in [0.4, 0.5) is 11.4 Å². The molecule has 1 heterocycles. The van der Waals surface area contributed by atoms with Gasteiger partial charge in [-0.2, -0.15) is 0 Å². The van der Waals surface area contributed by atoms with Crippen LogP contribution in [0.1, 0.15) is 20.3 Å². The highest BCUT2D eigenvalue weighted by Gasteiger charge is 2.25. The standard InChI is InChI=1S/C17H27N3O2/c1-13(12-22-4)18-17(21)11-20-14(2)9-10-19(3)15-7-5-6-8-16(15)20/h5-8,13-14H,9-12H2,1-4H3,(H,18,21)/t13-,14-/m0/s1. The highest BCUT2D eigenvalue weighted by molar-refractivity contribution is 5.84. The summed E-state index contributed by atoms with van der Waals surface area (Å²) in [5, 5.41) is 2.99. The van der Waals surface area contributed by atoms with Crippen LogP contribution >= 0.6 is 0 Å². The Morgan fingerprint density at radius 1 is 1.41 bits per heavy atom. The van der Waals surface area contributed by atoms with Crippen LogP contribution in [0, 0.1) is 0 Å². The Morgan fingerprint density at radius 3 is 2.77 bits per heavy atom. The maximum atomic E-state index is 12.3. The molecular weight excluding hydrogens is 278 g/mol. The number of benzene rings is 1. The van der Waals surface area contributed by atoms with Crippen LogP contribution in [0.5, 0.6) is 0 Å². The smallest absolute Gasteiger partial charge is 0.239 e. The normalized spacial score (nSPS) is 19.4. The minimum absolute atomic E-state index is 0.0256. The van der Waals surface area contributed by atoms with Gasteiger partial charge in [0, 0.05) is 32.8 Å². The summed E-state index contributed by atoms with van der Waals surface area (Å²) in [5.41, 5.74) is 2.31. The molecule has 0 bridgehead atoms. The second-order valence-corrected chi connectivity index (χ2v) is 6.10. The van der Waals surface area contributed by atoms with Gasteiger partial charge in [0.15, 0.2) is 0 Å². The zero-order valence-corrected chi connectivity index (χ0v) is 14.0.